The molecule has 7 heteroatoms. The van der Waals surface area contributed by atoms with E-state index in [9.17, 15) is 14.4 Å². The van der Waals surface area contributed by atoms with Crippen molar-refractivity contribution >= 4 is 17.7 Å². The summed E-state index contributed by atoms with van der Waals surface area (Å²) in [6.45, 7) is 5.56. The molecule has 33 heavy (non-hydrogen) atoms. The lowest BCUT2D eigenvalue weighted by molar-refractivity contribution is -0.158. The molecule has 0 bridgehead atoms. The molecule has 2 saturated heterocycles. The maximum atomic E-state index is 12.8. The normalized spacial score (nSPS) is 18.3. The van der Waals surface area contributed by atoms with E-state index in [1.807, 2.05) is 50.2 Å². The van der Waals surface area contributed by atoms with Gasteiger partial charge in [0.2, 0.25) is 11.8 Å². The largest absolute Gasteiger partial charge is 0.491 e. The molecule has 7 nitrogen and oxygen atoms in total. The molecule has 0 spiro atoms. The number of carbonyl (C=O) groups excluding carboxylic acids is 3. The Morgan fingerprint density at radius 3 is 2.42 bits per heavy atom. The Morgan fingerprint density at radius 1 is 1.03 bits per heavy atom. The molecule has 2 aliphatic rings. The first-order valence-electron chi connectivity index (χ1n) is 11.6. The molecule has 3 amide bonds. The number of ether oxygens (including phenoxy) is 1. The highest BCUT2D eigenvalue weighted by Gasteiger charge is 2.40. The Bertz CT molecular complexity index is 1000. The maximum absolute atomic E-state index is 12.8. The fourth-order valence-corrected chi connectivity index (χ4v) is 4.39. The fourth-order valence-electron chi connectivity index (χ4n) is 4.39. The monoisotopic (exact) mass is 449 g/mol. The second-order valence-electron chi connectivity index (χ2n) is 8.98. The first-order chi connectivity index (χ1) is 15.9. The van der Waals surface area contributed by atoms with Crippen LogP contribution in [0.2, 0.25) is 0 Å². The molecular weight excluding hydrogens is 418 g/mol. The number of carbonyl (C=O) groups is 3. The Kier molecular flexibility index (Phi) is 6.96. The van der Waals surface area contributed by atoms with Crippen LogP contribution in [-0.2, 0) is 22.7 Å². The minimum absolute atomic E-state index is 0.0269. The molecule has 2 aliphatic heterocycles. The highest BCUT2D eigenvalue weighted by Crippen LogP contribution is 2.24. The van der Waals surface area contributed by atoms with E-state index in [0.29, 0.717) is 25.2 Å². The summed E-state index contributed by atoms with van der Waals surface area (Å²) in [6.07, 6.45) is 2.81. The molecular formula is C26H31N3O4. The number of amides is 3. The standard InChI is InChI=1S/C26H31N3O4/c1-18(2)33-22-12-8-19(9-13-22)15-27-25(31)21-10-6-20(7-11-21)16-28-17-24(30)29-14-4-3-5-23(29)26(28)32/h6-13,18,23H,3-5,14-17H2,1-2H3,(H,27,31)/t23-/m0/s1. The second kappa shape index (κ2) is 10.1. The van der Waals surface area contributed by atoms with E-state index >= 15 is 0 Å². The number of piperazine rings is 1. The first-order valence-corrected chi connectivity index (χ1v) is 11.6. The highest BCUT2D eigenvalue weighted by molar-refractivity contribution is 5.95. The number of fused-ring (bicyclic) bond motifs is 1. The van der Waals surface area contributed by atoms with Crippen LogP contribution in [0.5, 0.6) is 5.75 Å². The van der Waals surface area contributed by atoms with Gasteiger partial charge in [0.15, 0.2) is 0 Å². The third kappa shape index (κ3) is 5.53. The fraction of sp³-hybridized carbons (Fsp3) is 0.423. The summed E-state index contributed by atoms with van der Waals surface area (Å²) >= 11 is 0. The molecule has 1 N–H and O–H groups in total. The number of nitrogens with one attached hydrogen (secondary N) is 1. The third-order valence-electron chi connectivity index (χ3n) is 6.08. The molecule has 174 valence electrons. The topological polar surface area (TPSA) is 79.0 Å². The van der Waals surface area contributed by atoms with E-state index in [0.717, 1.165) is 36.1 Å². The van der Waals surface area contributed by atoms with E-state index < -0.39 is 0 Å². The Hall–Kier alpha value is -3.35. The lowest BCUT2D eigenvalue weighted by Crippen LogP contribution is -2.60. The number of hydrogen-bond acceptors (Lipinski definition) is 4. The maximum Gasteiger partial charge on any atom is 0.251 e. The summed E-state index contributed by atoms with van der Waals surface area (Å²) in [7, 11) is 0. The van der Waals surface area contributed by atoms with Gasteiger partial charge in [0.05, 0.1) is 6.10 Å². The van der Waals surface area contributed by atoms with Crippen LogP contribution >= 0.6 is 0 Å². The van der Waals surface area contributed by atoms with Gasteiger partial charge in [-0.1, -0.05) is 24.3 Å². The average Bonchev–Trinajstić information content (AvgIpc) is 2.82. The molecule has 0 radical (unpaired) electrons. The highest BCUT2D eigenvalue weighted by atomic mass is 16.5. The van der Waals surface area contributed by atoms with Gasteiger partial charge in [-0.2, -0.15) is 0 Å². The molecule has 1 atom stereocenters. The van der Waals surface area contributed by atoms with Crippen molar-refractivity contribution in [1.82, 2.24) is 15.1 Å². The Balaban J connectivity index is 1.31. The van der Waals surface area contributed by atoms with Crippen LogP contribution in [-0.4, -0.2) is 52.8 Å². The second-order valence-corrected chi connectivity index (χ2v) is 8.98. The van der Waals surface area contributed by atoms with Gasteiger partial charge >= 0.3 is 0 Å². The zero-order chi connectivity index (χ0) is 23.4. The summed E-state index contributed by atoms with van der Waals surface area (Å²) in [5.74, 6) is 0.701. The van der Waals surface area contributed by atoms with Crippen molar-refractivity contribution < 1.29 is 19.1 Å². The zero-order valence-corrected chi connectivity index (χ0v) is 19.3. The Labute approximate surface area is 194 Å². The van der Waals surface area contributed by atoms with E-state index in [2.05, 4.69) is 5.32 Å². The van der Waals surface area contributed by atoms with Gasteiger partial charge in [0.1, 0.15) is 18.3 Å². The predicted molar refractivity (Wildman–Crippen MR) is 125 cm³/mol. The molecule has 0 saturated carbocycles. The first kappa shape index (κ1) is 22.8. The minimum atomic E-state index is -0.309. The van der Waals surface area contributed by atoms with Crippen molar-refractivity contribution in [2.45, 2.75) is 58.3 Å². The van der Waals surface area contributed by atoms with Gasteiger partial charge < -0.3 is 19.9 Å². The molecule has 0 aliphatic carbocycles. The van der Waals surface area contributed by atoms with Crippen molar-refractivity contribution in [3.63, 3.8) is 0 Å². The van der Waals surface area contributed by atoms with E-state index in [1.165, 1.54) is 0 Å². The van der Waals surface area contributed by atoms with Crippen LogP contribution in [0.25, 0.3) is 0 Å². The summed E-state index contributed by atoms with van der Waals surface area (Å²) < 4.78 is 5.64. The summed E-state index contributed by atoms with van der Waals surface area (Å²) in [4.78, 5) is 41.2. The molecule has 4 rings (SSSR count). The smallest absolute Gasteiger partial charge is 0.251 e. The van der Waals surface area contributed by atoms with Crippen LogP contribution < -0.4 is 10.1 Å². The van der Waals surface area contributed by atoms with Crippen molar-refractivity contribution in [3.8, 4) is 5.75 Å². The van der Waals surface area contributed by atoms with Gasteiger partial charge in [-0.15, -0.1) is 0 Å². The number of benzene rings is 2. The van der Waals surface area contributed by atoms with Crippen molar-refractivity contribution in [3.05, 3.63) is 65.2 Å². The zero-order valence-electron chi connectivity index (χ0n) is 19.3. The van der Waals surface area contributed by atoms with Crippen LogP contribution in [0, 0.1) is 0 Å². The molecule has 0 aromatic heterocycles. The molecule has 2 heterocycles. The lowest BCUT2D eigenvalue weighted by Gasteiger charge is -2.42. The van der Waals surface area contributed by atoms with Crippen LogP contribution in [0.4, 0.5) is 0 Å². The van der Waals surface area contributed by atoms with Crippen molar-refractivity contribution in [2.24, 2.45) is 0 Å². The average molecular weight is 450 g/mol. The molecule has 2 fully saturated rings. The van der Waals surface area contributed by atoms with E-state index in [-0.39, 0.29) is 36.4 Å². The van der Waals surface area contributed by atoms with Crippen molar-refractivity contribution in [2.75, 3.05) is 13.1 Å². The molecule has 2 aromatic carbocycles. The summed E-state index contributed by atoms with van der Waals surface area (Å²) in [5, 5.41) is 2.93. The SMILES string of the molecule is CC(C)Oc1ccc(CNC(=O)c2ccc(CN3CC(=O)N4CCCC[C@H]4C3=O)cc2)cc1. The third-order valence-corrected chi connectivity index (χ3v) is 6.08. The van der Waals surface area contributed by atoms with Gasteiger partial charge in [-0.25, -0.2) is 0 Å². The van der Waals surface area contributed by atoms with E-state index in [1.54, 1.807) is 21.9 Å². The van der Waals surface area contributed by atoms with Crippen LogP contribution in [0.1, 0.15) is 54.6 Å². The van der Waals surface area contributed by atoms with Gasteiger partial charge in [-0.3, -0.25) is 14.4 Å². The minimum Gasteiger partial charge on any atom is -0.491 e. The Morgan fingerprint density at radius 2 is 1.73 bits per heavy atom. The molecule has 0 unspecified atom stereocenters. The van der Waals surface area contributed by atoms with Gasteiger partial charge in [0, 0.05) is 25.2 Å². The number of rotatable bonds is 7. The number of hydrogen-bond donors (Lipinski definition) is 1. The van der Waals surface area contributed by atoms with Crippen LogP contribution in [0.3, 0.4) is 0 Å². The summed E-state index contributed by atoms with van der Waals surface area (Å²) in [6, 6.07) is 14.6. The van der Waals surface area contributed by atoms with Crippen LogP contribution in [0.15, 0.2) is 48.5 Å². The predicted octanol–water partition coefficient (Wildman–Crippen LogP) is 3.13. The number of nitrogens with zero attached hydrogens (tertiary/aromatic N) is 2. The lowest BCUT2D eigenvalue weighted by atomic mass is 9.98. The molecule has 2 aromatic rings. The quantitative estimate of drug-likeness (QED) is 0.705. The summed E-state index contributed by atoms with van der Waals surface area (Å²) in [5.41, 5.74) is 2.44. The van der Waals surface area contributed by atoms with E-state index in [4.69, 9.17) is 4.74 Å². The van der Waals surface area contributed by atoms with Gasteiger partial charge in [0.25, 0.3) is 5.91 Å². The van der Waals surface area contributed by atoms with Gasteiger partial charge in [-0.05, 0) is 68.5 Å². The van der Waals surface area contributed by atoms with Crippen molar-refractivity contribution in [1.29, 1.82) is 0 Å². The number of piperidine rings is 1.